The SMILES string of the molecule is CCCc1ccc(S(=O)(=O)N(C2CC2)[C@H]2CCS(=O)(=O)C2)cc1. The predicted octanol–water partition coefficient (Wildman–Crippen LogP) is 1.98. The van der Waals surface area contributed by atoms with Gasteiger partial charge in [-0.1, -0.05) is 25.5 Å². The first-order valence-corrected chi connectivity index (χ1v) is 11.4. The van der Waals surface area contributed by atoms with E-state index in [0.29, 0.717) is 6.42 Å². The second-order valence-electron chi connectivity index (χ2n) is 6.52. The van der Waals surface area contributed by atoms with Crippen molar-refractivity contribution in [3.8, 4) is 0 Å². The molecule has 0 aromatic heterocycles. The Hall–Kier alpha value is -0.920. The Morgan fingerprint density at radius 2 is 1.74 bits per heavy atom. The third-order valence-electron chi connectivity index (χ3n) is 4.51. The van der Waals surface area contributed by atoms with Gasteiger partial charge in [0.05, 0.1) is 16.4 Å². The van der Waals surface area contributed by atoms with Crippen LogP contribution in [0.4, 0.5) is 0 Å². The second kappa shape index (κ2) is 6.18. The van der Waals surface area contributed by atoms with Crippen LogP contribution in [0, 0.1) is 0 Å². The molecule has 1 saturated heterocycles. The molecular formula is C16H23NO4S2. The van der Waals surface area contributed by atoms with Gasteiger partial charge in [0.2, 0.25) is 10.0 Å². The summed E-state index contributed by atoms with van der Waals surface area (Å²) in [6.07, 6.45) is 3.99. The summed E-state index contributed by atoms with van der Waals surface area (Å²) < 4.78 is 51.0. The maximum Gasteiger partial charge on any atom is 0.243 e. The minimum absolute atomic E-state index is 0.0337. The lowest BCUT2D eigenvalue weighted by Crippen LogP contribution is -2.42. The highest BCUT2D eigenvalue weighted by Crippen LogP contribution is 2.36. The van der Waals surface area contributed by atoms with Gasteiger partial charge in [-0.3, -0.25) is 0 Å². The quantitative estimate of drug-likeness (QED) is 0.780. The summed E-state index contributed by atoms with van der Waals surface area (Å²) >= 11 is 0. The number of sulfone groups is 1. The maximum absolute atomic E-state index is 13.0. The lowest BCUT2D eigenvalue weighted by atomic mass is 10.1. The molecule has 0 amide bonds. The zero-order valence-electron chi connectivity index (χ0n) is 13.3. The van der Waals surface area contributed by atoms with Crippen molar-refractivity contribution in [2.75, 3.05) is 11.5 Å². The molecule has 3 rings (SSSR count). The molecule has 0 radical (unpaired) electrons. The molecule has 7 heteroatoms. The van der Waals surface area contributed by atoms with E-state index in [0.717, 1.165) is 31.2 Å². The van der Waals surface area contributed by atoms with Crippen molar-refractivity contribution in [3.05, 3.63) is 29.8 Å². The molecule has 0 spiro atoms. The number of hydrogen-bond acceptors (Lipinski definition) is 4. The van der Waals surface area contributed by atoms with Crippen molar-refractivity contribution in [3.63, 3.8) is 0 Å². The normalized spacial score (nSPS) is 24.2. The van der Waals surface area contributed by atoms with Crippen molar-refractivity contribution in [1.82, 2.24) is 4.31 Å². The van der Waals surface area contributed by atoms with Crippen molar-refractivity contribution in [2.45, 2.75) is 56.0 Å². The van der Waals surface area contributed by atoms with Gasteiger partial charge in [0, 0.05) is 12.1 Å². The molecular weight excluding hydrogens is 334 g/mol. The van der Waals surface area contributed by atoms with Crippen LogP contribution in [0.1, 0.15) is 38.2 Å². The molecule has 128 valence electrons. The van der Waals surface area contributed by atoms with Gasteiger partial charge in [0.15, 0.2) is 9.84 Å². The van der Waals surface area contributed by atoms with Crippen molar-refractivity contribution in [2.24, 2.45) is 0 Å². The van der Waals surface area contributed by atoms with E-state index >= 15 is 0 Å². The average Bonchev–Trinajstić information content (AvgIpc) is 3.24. The van der Waals surface area contributed by atoms with E-state index in [1.807, 2.05) is 12.1 Å². The van der Waals surface area contributed by atoms with Crippen molar-refractivity contribution >= 4 is 19.9 Å². The molecule has 1 heterocycles. The Bertz CT molecular complexity index is 765. The minimum Gasteiger partial charge on any atom is -0.229 e. The summed E-state index contributed by atoms with van der Waals surface area (Å²) in [7, 11) is -6.74. The Kier molecular flexibility index (Phi) is 4.55. The van der Waals surface area contributed by atoms with Gasteiger partial charge >= 0.3 is 0 Å². The maximum atomic E-state index is 13.0. The van der Waals surface area contributed by atoms with Gasteiger partial charge < -0.3 is 0 Å². The summed E-state index contributed by atoms with van der Waals surface area (Å²) in [5.41, 5.74) is 1.12. The first-order valence-electron chi connectivity index (χ1n) is 8.16. The summed E-state index contributed by atoms with van der Waals surface area (Å²) in [5, 5.41) is 0. The Labute approximate surface area is 138 Å². The van der Waals surface area contributed by atoms with Gasteiger partial charge in [-0.2, -0.15) is 4.31 Å². The third-order valence-corrected chi connectivity index (χ3v) is 8.28. The van der Waals surface area contributed by atoms with E-state index in [4.69, 9.17) is 0 Å². The zero-order chi connectivity index (χ0) is 16.7. The van der Waals surface area contributed by atoms with Crippen LogP contribution in [0.3, 0.4) is 0 Å². The zero-order valence-corrected chi connectivity index (χ0v) is 14.9. The number of rotatable bonds is 6. The first-order chi connectivity index (χ1) is 10.8. The van der Waals surface area contributed by atoms with Crippen LogP contribution in [0.15, 0.2) is 29.2 Å². The number of sulfonamides is 1. The van der Waals surface area contributed by atoms with E-state index in [9.17, 15) is 16.8 Å². The Balaban J connectivity index is 1.89. The minimum atomic E-state index is -3.63. The molecule has 0 N–H and O–H groups in total. The standard InChI is InChI=1S/C16H23NO4S2/c1-2-3-13-4-8-16(9-5-13)23(20,21)17(14-6-7-14)15-10-11-22(18,19)12-15/h4-5,8-9,14-15H,2-3,6-7,10-12H2,1H3/t15-/m0/s1. The van der Waals surface area contributed by atoms with Crippen LogP contribution in [0.5, 0.6) is 0 Å². The molecule has 5 nitrogen and oxygen atoms in total. The fourth-order valence-corrected chi connectivity index (χ4v) is 6.94. The topological polar surface area (TPSA) is 71.5 Å². The molecule has 1 aliphatic carbocycles. The van der Waals surface area contributed by atoms with E-state index in [1.54, 1.807) is 12.1 Å². The third kappa shape index (κ3) is 3.61. The Morgan fingerprint density at radius 1 is 1.09 bits per heavy atom. The van der Waals surface area contributed by atoms with E-state index < -0.39 is 25.9 Å². The number of benzene rings is 1. The summed E-state index contributed by atoms with van der Waals surface area (Å²) in [6, 6.07) is 6.57. The highest BCUT2D eigenvalue weighted by Gasteiger charge is 2.46. The molecule has 0 unspecified atom stereocenters. The van der Waals surface area contributed by atoms with E-state index in [2.05, 4.69) is 6.92 Å². The monoisotopic (exact) mass is 357 g/mol. The van der Waals surface area contributed by atoms with Gasteiger partial charge in [-0.05, 0) is 43.4 Å². The molecule has 2 fully saturated rings. The van der Waals surface area contributed by atoms with Crippen LogP contribution < -0.4 is 0 Å². The van der Waals surface area contributed by atoms with Crippen LogP contribution in [-0.4, -0.2) is 44.7 Å². The second-order valence-corrected chi connectivity index (χ2v) is 10.6. The molecule has 1 aromatic rings. The molecule has 1 saturated carbocycles. The summed E-state index contributed by atoms with van der Waals surface area (Å²) in [5.74, 6) is 0.0441. The van der Waals surface area contributed by atoms with Crippen LogP contribution in [0.2, 0.25) is 0 Å². The fraction of sp³-hybridized carbons (Fsp3) is 0.625. The van der Waals surface area contributed by atoms with Gasteiger partial charge in [-0.25, -0.2) is 16.8 Å². The number of nitrogens with zero attached hydrogens (tertiary/aromatic N) is 1. The van der Waals surface area contributed by atoms with Gasteiger partial charge in [-0.15, -0.1) is 0 Å². The van der Waals surface area contributed by atoms with E-state index in [1.165, 1.54) is 4.31 Å². The van der Waals surface area contributed by atoms with E-state index in [-0.39, 0.29) is 22.4 Å². The molecule has 1 aromatic carbocycles. The van der Waals surface area contributed by atoms with Crippen LogP contribution >= 0.6 is 0 Å². The average molecular weight is 357 g/mol. The van der Waals surface area contributed by atoms with Crippen molar-refractivity contribution in [1.29, 1.82) is 0 Å². The summed E-state index contributed by atoms with van der Waals surface area (Å²) in [6.45, 7) is 2.08. The molecule has 2 aliphatic rings. The highest BCUT2D eigenvalue weighted by atomic mass is 32.2. The molecule has 23 heavy (non-hydrogen) atoms. The highest BCUT2D eigenvalue weighted by molar-refractivity contribution is 7.92. The lowest BCUT2D eigenvalue weighted by molar-refractivity contribution is 0.332. The van der Waals surface area contributed by atoms with Crippen LogP contribution in [0.25, 0.3) is 0 Å². The predicted molar refractivity (Wildman–Crippen MR) is 89.5 cm³/mol. The van der Waals surface area contributed by atoms with Gasteiger partial charge in [0.25, 0.3) is 0 Å². The number of aryl methyl sites for hydroxylation is 1. The van der Waals surface area contributed by atoms with Crippen molar-refractivity contribution < 1.29 is 16.8 Å². The fourth-order valence-electron chi connectivity index (χ4n) is 3.23. The smallest absolute Gasteiger partial charge is 0.229 e. The molecule has 0 bridgehead atoms. The molecule has 1 aliphatic heterocycles. The van der Waals surface area contributed by atoms with Crippen LogP contribution in [-0.2, 0) is 26.3 Å². The molecule has 1 atom stereocenters. The largest absolute Gasteiger partial charge is 0.243 e. The lowest BCUT2D eigenvalue weighted by Gasteiger charge is -2.27. The Morgan fingerprint density at radius 3 is 2.22 bits per heavy atom. The summed E-state index contributed by atoms with van der Waals surface area (Å²) in [4.78, 5) is 0.272. The van der Waals surface area contributed by atoms with Gasteiger partial charge in [0.1, 0.15) is 0 Å². The first kappa shape index (κ1) is 16.9. The number of hydrogen-bond donors (Lipinski definition) is 0.